The van der Waals surface area contributed by atoms with Gasteiger partial charge in [0.05, 0.1) is 13.7 Å². The second-order valence-electron chi connectivity index (χ2n) is 6.59. The van der Waals surface area contributed by atoms with Crippen molar-refractivity contribution in [3.8, 4) is 28.6 Å². The van der Waals surface area contributed by atoms with Crippen LogP contribution in [0.15, 0.2) is 54.7 Å². The number of methoxy groups -OCH3 is 1. The van der Waals surface area contributed by atoms with Crippen LogP contribution in [0.3, 0.4) is 0 Å². The lowest BCUT2D eigenvalue weighted by Gasteiger charge is -2.16. The fourth-order valence-electron chi connectivity index (χ4n) is 3.16. The fraction of sp³-hybridized carbons (Fsp3) is 0.304. The Labute approximate surface area is 176 Å². The maximum Gasteiger partial charge on any atom is 0.274 e. The van der Waals surface area contributed by atoms with Crippen molar-refractivity contribution in [2.75, 3.05) is 33.4 Å². The van der Waals surface area contributed by atoms with E-state index in [2.05, 4.69) is 4.98 Å². The summed E-state index contributed by atoms with van der Waals surface area (Å²) in [4.78, 5) is 19.3. The molecule has 0 saturated carbocycles. The number of hydrogen-bond donors (Lipinski definition) is 1. The van der Waals surface area contributed by atoms with Crippen LogP contribution in [-0.2, 0) is 0 Å². The molecular weight excluding hydrogens is 382 g/mol. The van der Waals surface area contributed by atoms with E-state index >= 15 is 0 Å². The van der Waals surface area contributed by atoms with E-state index in [0.29, 0.717) is 30.4 Å². The Bertz CT molecular complexity index is 961. The van der Waals surface area contributed by atoms with Gasteiger partial charge in [-0.1, -0.05) is 0 Å². The molecule has 1 amide bonds. The lowest BCUT2D eigenvalue weighted by atomic mass is 10.2. The maximum absolute atomic E-state index is 12.9. The van der Waals surface area contributed by atoms with Gasteiger partial charge in [0, 0.05) is 30.5 Å². The standard InChI is InChI=1S/C23H27N3O4/c1-4-25(5-2)23(28)21-16-26(18-8-12-20(13-9-18)30-15-14-27)22(24-21)17-6-10-19(29-3)11-7-17/h6-13,16,27H,4-5,14-15H2,1-3H3. The minimum Gasteiger partial charge on any atom is -0.497 e. The molecule has 158 valence electrons. The van der Waals surface area contributed by atoms with Gasteiger partial charge in [0.1, 0.15) is 29.6 Å². The summed E-state index contributed by atoms with van der Waals surface area (Å²) in [5.74, 6) is 1.98. The van der Waals surface area contributed by atoms with E-state index < -0.39 is 0 Å². The van der Waals surface area contributed by atoms with Crippen molar-refractivity contribution >= 4 is 5.91 Å². The van der Waals surface area contributed by atoms with Crippen molar-refractivity contribution in [3.63, 3.8) is 0 Å². The molecule has 1 aromatic heterocycles. The number of rotatable bonds is 9. The molecular formula is C23H27N3O4. The largest absolute Gasteiger partial charge is 0.497 e. The Hall–Kier alpha value is -3.32. The van der Waals surface area contributed by atoms with E-state index in [0.717, 1.165) is 17.0 Å². The molecule has 3 aromatic rings. The van der Waals surface area contributed by atoms with Gasteiger partial charge in [0.25, 0.3) is 5.91 Å². The van der Waals surface area contributed by atoms with Gasteiger partial charge in [0.15, 0.2) is 0 Å². The molecule has 1 N–H and O–H groups in total. The van der Waals surface area contributed by atoms with Gasteiger partial charge in [-0.05, 0) is 62.4 Å². The van der Waals surface area contributed by atoms with E-state index in [9.17, 15) is 4.79 Å². The third-order valence-electron chi connectivity index (χ3n) is 4.80. The van der Waals surface area contributed by atoms with Gasteiger partial charge in [0.2, 0.25) is 0 Å². The Morgan fingerprint density at radius 2 is 1.67 bits per heavy atom. The van der Waals surface area contributed by atoms with Crippen LogP contribution in [0, 0.1) is 0 Å². The number of nitrogens with zero attached hydrogens (tertiary/aromatic N) is 3. The number of benzene rings is 2. The smallest absolute Gasteiger partial charge is 0.274 e. The first kappa shape index (κ1) is 21.4. The van der Waals surface area contributed by atoms with Crippen LogP contribution in [-0.4, -0.2) is 58.9 Å². The highest BCUT2D eigenvalue weighted by molar-refractivity contribution is 5.93. The van der Waals surface area contributed by atoms with Crippen molar-refractivity contribution in [2.45, 2.75) is 13.8 Å². The van der Waals surface area contributed by atoms with Gasteiger partial charge < -0.3 is 19.5 Å². The molecule has 0 saturated heterocycles. The van der Waals surface area contributed by atoms with Gasteiger partial charge in [-0.15, -0.1) is 0 Å². The minimum atomic E-state index is -0.101. The van der Waals surface area contributed by atoms with E-state index in [1.807, 2.05) is 66.9 Å². The molecule has 0 fully saturated rings. The molecule has 0 bridgehead atoms. The molecule has 7 nitrogen and oxygen atoms in total. The zero-order chi connectivity index (χ0) is 21.5. The van der Waals surface area contributed by atoms with Gasteiger partial charge >= 0.3 is 0 Å². The van der Waals surface area contributed by atoms with Crippen LogP contribution in [0.1, 0.15) is 24.3 Å². The highest BCUT2D eigenvalue weighted by Crippen LogP contribution is 2.26. The summed E-state index contributed by atoms with van der Waals surface area (Å²) in [5.41, 5.74) is 2.11. The van der Waals surface area contributed by atoms with Gasteiger partial charge in [-0.25, -0.2) is 4.98 Å². The van der Waals surface area contributed by atoms with Crippen molar-refractivity contribution < 1.29 is 19.4 Å². The number of aliphatic hydroxyl groups is 1. The van der Waals surface area contributed by atoms with Crippen LogP contribution >= 0.6 is 0 Å². The van der Waals surface area contributed by atoms with Crippen LogP contribution in [0.25, 0.3) is 17.1 Å². The molecule has 0 aliphatic carbocycles. The molecule has 0 aliphatic heterocycles. The number of carbonyl (C=O) groups is 1. The van der Waals surface area contributed by atoms with Crippen molar-refractivity contribution in [3.05, 3.63) is 60.4 Å². The molecule has 0 atom stereocenters. The molecule has 7 heteroatoms. The predicted molar refractivity (Wildman–Crippen MR) is 115 cm³/mol. The average molecular weight is 409 g/mol. The van der Waals surface area contributed by atoms with Gasteiger partial charge in [-0.3, -0.25) is 9.36 Å². The zero-order valence-corrected chi connectivity index (χ0v) is 17.5. The Morgan fingerprint density at radius 1 is 1.03 bits per heavy atom. The van der Waals surface area contributed by atoms with E-state index in [1.165, 1.54) is 0 Å². The number of imidazole rings is 1. The van der Waals surface area contributed by atoms with E-state index in [4.69, 9.17) is 14.6 Å². The maximum atomic E-state index is 12.9. The summed E-state index contributed by atoms with van der Waals surface area (Å²) < 4.78 is 12.6. The number of ether oxygens (including phenoxy) is 2. The Balaban J connectivity index is 2.03. The molecule has 2 aromatic carbocycles. The second-order valence-corrected chi connectivity index (χ2v) is 6.59. The second kappa shape index (κ2) is 9.93. The van der Waals surface area contributed by atoms with Crippen LogP contribution in [0.5, 0.6) is 11.5 Å². The monoisotopic (exact) mass is 409 g/mol. The molecule has 3 rings (SSSR count). The van der Waals surface area contributed by atoms with Crippen LogP contribution in [0.2, 0.25) is 0 Å². The van der Waals surface area contributed by atoms with Crippen molar-refractivity contribution in [1.29, 1.82) is 0 Å². The third kappa shape index (κ3) is 4.63. The van der Waals surface area contributed by atoms with E-state index in [1.54, 1.807) is 18.2 Å². The normalized spacial score (nSPS) is 10.7. The molecule has 0 unspecified atom stereocenters. The number of aliphatic hydroxyl groups excluding tert-OH is 1. The SMILES string of the molecule is CCN(CC)C(=O)c1cn(-c2ccc(OCCO)cc2)c(-c2ccc(OC)cc2)n1. The van der Waals surface area contributed by atoms with Crippen LogP contribution < -0.4 is 9.47 Å². The summed E-state index contributed by atoms with van der Waals surface area (Å²) in [7, 11) is 1.62. The summed E-state index contributed by atoms with van der Waals surface area (Å²) in [5, 5.41) is 8.92. The molecule has 1 heterocycles. The number of carbonyl (C=O) groups excluding carboxylic acids is 1. The molecule has 0 spiro atoms. The summed E-state index contributed by atoms with van der Waals surface area (Å²) in [6.07, 6.45) is 1.77. The lowest BCUT2D eigenvalue weighted by Crippen LogP contribution is -2.30. The minimum absolute atomic E-state index is 0.0400. The number of amides is 1. The number of aromatic nitrogens is 2. The topological polar surface area (TPSA) is 76.8 Å². The quantitative estimate of drug-likeness (QED) is 0.586. The average Bonchev–Trinajstić information content (AvgIpc) is 3.24. The third-order valence-corrected chi connectivity index (χ3v) is 4.80. The highest BCUT2D eigenvalue weighted by Gasteiger charge is 2.20. The lowest BCUT2D eigenvalue weighted by molar-refractivity contribution is 0.0767. The molecule has 0 aliphatic rings. The fourth-order valence-corrected chi connectivity index (χ4v) is 3.16. The van der Waals surface area contributed by atoms with Crippen molar-refractivity contribution in [1.82, 2.24) is 14.5 Å². The Morgan fingerprint density at radius 3 is 2.23 bits per heavy atom. The first-order valence-corrected chi connectivity index (χ1v) is 9.98. The molecule has 30 heavy (non-hydrogen) atoms. The zero-order valence-electron chi connectivity index (χ0n) is 17.5. The first-order chi connectivity index (χ1) is 14.6. The first-order valence-electron chi connectivity index (χ1n) is 9.98. The summed E-state index contributed by atoms with van der Waals surface area (Å²) in [6, 6.07) is 15.0. The Kier molecular flexibility index (Phi) is 7.08. The number of hydrogen-bond acceptors (Lipinski definition) is 5. The van der Waals surface area contributed by atoms with E-state index in [-0.39, 0.29) is 19.1 Å². The highest BCUT2D eigenvalue weighted by atomic mass is 16.5. The van der Waals surface area contributed by atoms with Crippen LogP contribution in [0.4, 0.5) is 0 Å². The molecule has 0 radical (unpaired) electrons. The summed E-state index contributed by atoms with van der Waals surface area (Å²) >= 11 is 0. The predicted octanol–water partition coefficient (Wildman–Crippen LogP) is 3.40. The summed E-state index contributed by atoms with van der Waals surface area (Å²) in [6.45, 7) is 5.35. The van der Waals surface area contributed by atoms with Crippen molar-refractivity contribution in [2.24, 2.45) is 0 Å². The van der Waals surface area contributed by atoms with Gasteiger partial charge in [-0.2, -0.15) is 0 Å².